The average molecular weight is 152 g/mol. The lowest BCUT2D eigenvalue weighted by Crippen LogP contribution is -2.01. The predicted molar refractivity (Wildman–Crippen MR) is 49.5 cm³/mol. The van der Waals surface area contributed by atoms with Crippen molar-refractivity contribution < 1.29 is 0 Å². The molecule has 0 spiro atoms. The molecule has 0 atom stereocenters. The van der Waals surface area contributed by atoms with Crippen LogP contribution < -0.4 is 0 Å². The maximum atomic E-state index is 4.44. The summed E-state index contributed by atoms with van der Waals surface area (Å²) in [5.74, 6) is 1.53. The Bertz CT molecular complexity index is 190. The van der Waals surface area contributed by atoms with Gasteiger partial charge in [0.1, 0.15) is 5.84 Å². The predicted octanol–water partition coefficient (Wildman–Crippen LogP) is 2.30. The summed E-state index contributed by atoms with van der Waals surface area (Å²) in [4.78, 5) is 8.79. The molecule has 0 saturated carbocycles. The monoisotopic (exact) mass is 152 g/mol. The minimum Gasteiger partial charge on any atom is -0.264 e. The minimum absolute atomic E-state index is 0.490. The van der Waals surface area contributed by atoms with Crippen molar-refractivity contribution in [1.29, 1.82) is 0 Å². The second kappa shape index (κ2) is 3.65. The first-order valence-electron chi connectivity index (χ1n) is 4.34. The molecule has 0 unspecified atom stereocenters. The summed E-state index contributed by atoms with van der Waals surface area (Å²) in [5.41, 5.74) is 1.26. The number of amidine groups is 1. The van der Waals surface area contributed by atoms with E-state index in [2.05, 4.69) is 30.8 Å². The van der Waals surface area contributed by atoms with Crippen LogP contribution in [0.2, 0.25) is 0 Å². The van der Waals surface area contributed by atoms with Crippen molar-refractivity contribution in [2.75, 3.05) is 6.54 Å². The molecule has 0 radical (unpaired) electrons. The quantitative estimate of drug-likeness (QED) is 0.593. The topological polar surface area (TPSA) is 24.7 Å². The van der Waals surface area contributed by atoms with E-state index in [1.807, 2.05) is 0 Å². The van der Waals surface area contributed by atoms with Crippen molar-refractivity contribution in [2.45, 2.75) is 33.6 Å². The minimum atomic E-state index is 0.490. The molecule has 0 aromatic heterocycles. The van der Waals surface area contributed by atoms with Crippen molar-refractivity contribution >= 4 is 11.5 Å². The van der Waals surface area contributed by atoms with Gasteiger partial charge in [0, 0.05) is 11.6 Å². The molecular formula is C9H16N2. The van der Waals surface area contributed by atoms with E-state index < -0.39 is 0 Å². The molecule has 0 fully saturated rings. The van der Waals surface area contributed by atoms with Crippen LogP contribution in [0.5, 0.6) is 0 Å². The van der Waals surface area contributed by atoms with Crippen molar-refractivity contribution in [3.05, 3.63) is 0 Å². The standard InChI is InChI=1S/C9H16N2/c1-4-5-8-6-10-9(11-8)7(2)3/h7H,4-6H2,1-3H3. The van der Waals surface area contributed by atoms with E-state index in [1.54, 1.807) is 0 Å². The van der Waals surface area contributed by atoms with Gasteiger partial charge in [-0.15, -0.1) is 0 Å². The smallest absolute Gasteiger partial charge is 0.126 e. The summed E-state index contributed by atoms with van der Waals surface area (Å²) in [6.45, 7) is 7.30. The van der Waals surface area contributed by atoms with Gasteiger partial charge in [0.2, 0.25) is 0 Å². The van der Waals surface area contributed by atoms with Gasteiger partial charge in [-0.05, 0) is 6.42 Å². The third-order valence-electron chi connectivity index (χ3n) is 1.75. The van der Waals surface area contributed by atoms with Crippen LogP contribution in [-0.2, 0) is 0 Å². The summed E-state index contributed by atoms with van der Waals surface area (Å²) < 4.78 is 0. The zero-order chi connectivity index (χ0) is 8.27. The highest BCUT2D eigenvalue weighted by molar-refractivity contribution is 6.04. The fourth-order valence-electron chi connectivity index (χ4n) is 1.14. The maximum Gasteiger partial charge on any atom is 0.126 e. The third-order valence-corrected chi connectivity index (χ3v) is 1.75. The number of hydrogen-bond acceptors (Lipinski definition) is 2. The highest BCUT2D eigenvalue weighted by Gasteiger charge is 2.11. The largest absolute Gasteiger partial charge is 0.264 e. The normalized spacial score (nSPS) is 17.1. The van der Waals surface area contributed by atoms with Crippen molar-refractivity contribution in [2.24, 2.45) is 15.9 Å². The van der Waals surface area contributed by atoms with Crippen LogP contribution in [0.15, 0.2) is 9.98 Å². The van der Waals surface area contributed by atoms with Crippen LogP contribution in [0.25, 0.3) is 0 Å². The Kier molecular flexibility index (Phi) is 2.80. The Balaban J connectivity index is 2.49. The van der Waals surface area contributed by atoms with Crippen LogP contribution >= 0.6 is 0 Å². The molecule has 0 aromatic rings. The fraction of sp³-hybridized carbons (Fsp3) is 0.778. The molecule has 0 aromatic carbocycles. The Morgan fingerprint density at radius 3 is 2.64 bits per heavy atom. The summed E-state index contributed by atoms with van der Waals surface area (Å²) in [6, 6.07) is 0. The van der Waals surface area contributed by atoms with Gasteiger partial charge in [-0.2, -0.15) is 0 Å². The van der Waals surface area contributed by atoms with Crippen molar-refractivity contribution in [3.8, 4) is 0 Å². The van der Waals surface area contributed by atoms with Crippen LogP contribution in [0.4, 0.5) is 0 Å². The first-order valence-corrected chi connectivity index (χ1v) is 4.34. The van der Waals surface area contributed by atoms with Gasteiger partial charge in [0.25, 0.3) is 0 Å². The lowest BCUT2D eigenvalue weighted by Gasteiger charge is -1.98. The van der Waals surface area contributed by atoms with Gasteiger partial charge in [0.15, 0.2) is 0 Å². The summed E-state index contributed by atoms with van der Waals surface area (Å²) in [5, 5.41) is 0. The number of hydrogen-bond donors (Lipinski definition) is 0. The van der Waals surface area contributed by atoms with Crippen molar-refractivity contribution in [3.63, 3.8) is 0 Å². The highest BCUT2D eigenvalue weighted by atomic mass is 15.0. The van der Waals surface area contributed by atoms with E-state index in [4.69, 9.17) is 0 Å². The van der Waals surface area contributed by atoms with E-state index in [0.29, 0.717) is 5.92 Å². The average Bonchev–Trinajstić information content (AvgIpc) is 2.37. The third kappa shape index (κ3) is 2.14. The van der Waals surface area contributed by atoms with Gasteiger partial charge in [-0.1, -0.05) is 27.2 Å². The number of aliphatic imine (C=N–C) groups is 2. The SMILES string of the molecule is CCCC1=NC(C(C)C)=NC1. The molecule has 0 saturated heterocycles. The molecule has 11 heavy (non-hydrogen) atoms. The molecule has 0 amide bonds. The number of rotatable bonds is 3. The molecule has 1 aliphatic rings. The Labute approximate surface area is 68.4 Å². The highest BCUT2D eigenvalue weighted by Crippen LogP contribution is 2.08. The zero-order valence-corrected chi connectivity index (χ0v) is 7.59. The van der Waals surface area contributed by atoms with E-state index in [1.165, 1.54) is 12.1 Å². The maximum absolute atomic E-state index is 4.44. The van der Waals surface area contributed by atoms with E-state index in [-0.39, 0.29) is 0 Å². The van der Waals surface area contributed by atoms with Crippen LogP contribution in [0.1, 0.15) is 33.6 Å². The molecule has 1 rings (SSSR count). The molecule has 62 valence electrons. The molecule has 0 aliphatic carbocycles. The van der Waals surface area contributed by atoms with Gasteiger partial charge in [-0.3, -0.25) is 4.99 Å². The summed E-state index contributed by atoms with van der Waals surface area (Å²) >= 11 is 0. The summed E-state index contributed by atoms with van der Waals surface area (Å²) in [7, 11) is 0. The number of nitrogens with zero attached hydrogens (tertiary/aromatic N) is 2. The molecule has 2 nitrogen and oxygen atoms in total. The molecule has 1 aliphatic heterocycles. The molecular weight excluding hydrogens is 136 g/mol. The molecule has 0 N–H and O–H groups in total. The van der Waals surface area contributed by atoms with Crippen LogP contribution in [0.3, 0.4) is 0 Å². The van der Waals surface area contributed by atoms with E-state index >= 15 is 0 Å². The van der Waals surface area contributed by atoms with Gasteiger partial charge >= 0.3 is 0 Å². The first-order chi connectivity index (χ1) is 5.24. The van der Waals surface area contributed by atoms with Gasteiger partial charge < -0.3 is 0 Å². The van der Waals surface area contributed by atoms with E-state index in [0.717, 1.165) is 18.8 Å². The van der Waals surface area contributed by atoms with Crippen LogP contribution in [0, 0.1) is 5.92 Å². The molecule has 0 bridgehead atoms. The molecule has 2 heteroatoms. The van der Waals surface area contributed by atoms with E-state index in [9.17, 15) is 0 Å². The lowest BCUT2D eigenvalue weighted by molar-refractivity contribution is 0.873. The zero-order valence-electron chi connectivity index (χ0n) is 7.59. The second-order valence-electron chi connectivity index (χ2n) is 3.26. The first kappa shape index (κ1) is 8.44. The summed E-state index contributed by atoms with van der Waals surface area (Å²) in [6.07, 6.45) is 2.29. The van der Waals surface area contributed by atoms with Gasteiger partial charge in [-0.25, -0.2) is 4.99 Å². The van der Waals surface area contributed by atoms with Crippen molar-refractivity contribution in [1.82, 2.24) is 0 Å². The molecule has 1 heterocycles. The Hall–Kier alpha value is -0.660. The lowest BCUT2D eigenvalue weighted by atomic mass is 10.2. The second-order valence-corrected chi connectivity index (χ2v) is 3.26. The van der Waals surface area contributed by atoms with Gasteiger partial charge in [0.05, 0.1) is 6.54 Å². The Morgan fingerprint density at radius 1 is 1.45 bits per heavy atom. The Morgan fingerprint density at radius 2 is 2.18 bits per heavy atom. The van der Waals surface area contributed by atoms with Crippen LogP contribution in [-0.4, -0.2) is 18.1 Å². The fourth-order valence-corrected chi connectivity index (χ4v) is 1.14.